The third-order valence-electron chi connectivity index (χ3n) is 6.55. The van der Waals surface area contributed by atoms with Crippen molar-refractivity contribution in [2.24, 2.45) is 0 Å². The number of nitrogens with zero attached hydrogens (tertiary/aromatic N) is 2. The Morgan fingerprint density at radius 2 is 1.35 bits per heavy atom. The van der Waals surface area contributed by atoms with E-state index in [2.05, 4.69) is 108 Å². The van der Waals surface area contributed by atoms with Gasteiger partial charge in [0, 0.05) is 36.3 Å². The van der Waals surface area contributed by atoms with Crippen LogP contribution < -0.4 is 4.90 Å². The number of thiophene rings is 2. The quantitative estimate of drug-likeness (QED) is 0.158. The van der Waals surface area contributed by atoms with Gasteiger partial charge in [0.25, 0.3) is 0 Å². The Balaban J connectivity index is 1.32. The van der Waals surface area contributed by atoms with E-state index in [9.17, 15) is 4.79 Å². The van der Waals surface area contributed by atoms with Gasteiger partial charge in [0.1, 0.15) is 11.6 Å². The molecule has 192 valence electrons. The summed E-state index contributed by atoms with van der Waals surface area (Å²) in [6.45, 7) is 0. The second-order valence-corrected chi connectivity index (χ2v) is 11.3. The van der Waals surface area contributed by atoms with Crippen molar-refractivity contribution in [3.8, 4) is 26.3 Å². The fraction of sp³-hybridized carbons (Fsp3) is 0. The topological polar surface area (TPSA) is 64.3 Å². The van der Waals surface area contributed by atoms with Gasteiger partial charge in [-0.05, 0) is 71.6 Å². The van der Waals surface area contributed by atoms with Crippen molar-refractivity contribution >= 4 is 62.6 Å². The normalized spacial score (nSPS) is 11.3. The molecule has 40 heavy (non-hydrogen) atoms. The maximum atomic E-state index is 11.2. The zero-order chi connectivity index (χ0) is 27.5. The molecule has 6 aromatic rings. The number of nitriles is 1. The standard InChI is InChI=1S/C34H22N2O2S2/c35-22-25(34(37)38)21-28-17-18-32(39-28)33-20-19-31(40-33)24-13-15-27(16-14-24)36(26-9-2-1-3-10-26)30-12-6-8-23-7-4-5-11-29(23)30/h1-21H,(H,37,38). The first kappa shape index (κ1) is 25.3. The van der Waals surface area contributed by atoms with Gasteiger partial charge in [-0.2, -0.15) is 5.26 Å². The molecule has 2 heterocycles. The summed E-state index contributed by atoms with van der Waals surface area (Å²) >= 11 is 3.16. The lowest BCUT2D eigenvalue weighted by Gasteiger charge is -2.27. The van der Waals surface area contributed by atoms with Crippen molar-refractivity contribution in [3.63, 3.8) is 0 Å². The molecule has 0 fully saturated rings. The Morgan fingerprint density at radius 1 is 0.700 bits per heavy atom. The highest BCUT2D eigenvalue weighted by Crippen LogP contribution is 2.41. The molecule has 4 nitrogen and oxygen atoms in total. The molecule has 6 heteroatoms. The van der Waals surface area contributed by atoms with Crippen LogP contribution >= 0.6 is 22.7 Å². The van der Waals surface area contributed by atoms with E-state index in [1.807, 2.05) is 18.2 Å². The average Bonchev–Trinajstić information content (AvgIpc) is 3.67. The van der Waals surface area contributed by atoms with Crippen LogP contribution in [-0.2, 0) is 4.79 Å². The zero-order valence-corrected chi connectivity index (χ0v) is 22.8. The van der Waals surface area contributed by atoms with Crippen LogP contribution in [0.3, 0.4) is 0 Å². The second-order valence-electron chi connectivity index (χ2n) is 9.06. The van der Waals surface area contributed by atoms with E-state index in [1.54, 1.807) is 17.4 Å². The number of benzene rings is 4. The summed E-state index contributed by atoms with van der Waals surface area (Å²) in [7, 11) is 0. The van der Waals surface area contributed by atoms with Crippen molar-refractivity contribution in [1.82, 2.24) is 0 Å². The molecule has 0 spiro atoms. The molecule has 0 amide bonds. The molecule has 0 bridgehead atoms. The second kappa shape index (κ2) is 11.0. The van der Waals surface area contributed by atoms with Gasteiger partial charge in [0.2, 0.25) is 0 Å². The Kier molecular flexibility index (Phi) is 6.98. The molecular weight excluding hydrogens is 533 g/mol. The fourth-order valence-electron chi connectivity index (χ4n) is 4.65. The van der Waals surface area contributed by atoms with Crippen LogP contribution in [0.4, 0.5) is 17.1 Å². The highest BCUT2D eigenvalue weighted by atomic mass is 32.1. The summed E-state index contributed by atoms with van der Waals surface area (Å²) < 4.78 is 0. The highest BCUT2D eigenvalue weighted by molar-refractivity contribution is 7.24. The lowest BCUT2D eigenvalue weighted by molar-refractivity contribution is -0.132. The SMILES string of the molecule is N#CC(=Cc1ccc(-c2ccc(-c3ccc(N(c4ccccc4)c4cccc5ccccc45)cc3)s2)s1)C(=O)O. The number of hydrogen-bond acceptors (Lipinski definition) is 5. The van der Waals surface area contributed by atoms with Gasteiger partial charge in [-0.3, -0.25) is 0 Å². The van der Waals surface area contributed by atoms with Gasteiger partial charge in [0.05, 0.1) is 5.69 Å². The Bertz CT molecular complexity index is 1890. The third-order valence-corrected chi connectivity index (χ3v) is 8.91. The van der Waals surface area contributed by atoms with Crippen LogP contribution in [0.25, 0.3) is 37.0 Å². The molecular formula is C34H22N2O2S2. The summed E-state index contributed by atoms with van der Waals surface area (Å²) in [5.74, 6) is -1.22. The average molecular weight is 555 g/mol. The van der Waals surface area contributed by atoms with Crippen molar-refractivity contribution in [3.05, 3.63) is 132 Å². The summed E-state index contributed by atoms with van der Waals surface area (Å²) in [4.78, 5) is 17.5. The monoisotopic (exact) mass is 554 g/mol. The number of carboxylic acid groups (broad SMARTS) is 1. The Labute approximate surface area is 240 Å². The highest BCUT2D eigenvalue weighted by Gasteiger charge is 2.16. The molecule has 0 saturated heterocycles. The first-order valence-electron chi connectivity index (χ1n) is 12.6. The number of para-hydroxylation sites is 1. The summed E-state index contributed by atoms with van der Waals surface area (Å²) in [6.07, 6.45) is 1.41. The lowest BCUT2D eigenvalue weighted by atomic mass is 10.1. The number of carboxylic acids is 1. The maximum Gasteiger partial charge on any atom is 0.346 e. The number of fused-ring (bicyclic) bond motifs is 1. The predicted molar refractivity (Wildman–Crippen MR) is 166 cm³/mol. The minimum atomic E-state index is -1.22. The van der Waals surface area contributed by atoms with Gasteiger partial charge in [-0.15, -0.1) is 22.7 Å². The Morgan fingerprint density at radius 3 is 2.12 bits per heavy atom. The number of aliphatic carboxylic acids is 1. The van der Waals surface area contributed by atoms with Crippen molar-refractivity contribution in [2.45, 2.75) is 0 Å². The van der Waals surface area contributed by atoms with Gasteiger partial charge in [-0.25, -0.2) is 4.79 Å². The smallest absolute Gasteiger partial charge is 0.346 e. The van der Waals surface area contributed by atoms with Crippen molar-refractivity contribution in [2.75, 3.05) is 4.90 Å². The van der Waals surface area contributed by atoms with Gasteiger partial charge in [0.15, 0.2) is 0 Å². The first-order valence-corrected chi connectivity index (χ1v) is 14.2. The maximum absolute atomic E-state index is 11.2. The molecule has 0 aliphatic heterocycles. The van der Waals surface area contributed by atoms with E-state index in [1.165, 1.54) is 28.2 Å². The molecule has 0 aliphatic rings. The van der Waals surface area contributed by atoms with Crippen LogP contribution in [0.1, 0.15) is 4.88 Å². The largest absolute Gasteiger partial charge is 0.477 e. The van der Waals surface area contributed by atoms with Crippen LogP contribution in [-0.4, -0.2) is 11.1 Å². The summed E-state index contributed by atoms with van der Waals surface area (Å²) in [6, 6.07) is 43.6. The van der Waals surface area contributed by atoms with E-state index in [-0.39, 0.29) is 5.57 Å². The Hall–Kier alpha value is -4.96. The van der Waals surface area contributed by atoms with E-state index in [0.29, 0.717) is 0 Å². The molecule has 0 aliphatic carbocycles. The van der Waals surface area contributed by atoms with Crippen LogP contribution in [0, 0.1) is 11.3 Å². The van der Waals surface area contributed by atoms with E-state index in [4.69, 9.17) is 10.4 Å². The first-order chi connectivity index (χ1) is 19.6. The van der Waals surface area contributed by atoms with Crippen LogP contribution in [0.2, 0.25) is 0 Å². The molecule has 0 saturated carbocycles. The van der Waals surface area contributed by atoms with Gasteiger partial charge < -0.3 is 10.0 Å². The molecule has 6 rings (SSSR count). The minimum absolute atomic E-state index is 0.270. The summed E-state index contributed by atoms with van der Waals surface area (Å²) in [5.41, 5.74) is 4.15. The predicted octanol–water partition coefficient (Wildman–Crippen LogP) is 9.76. The molecule has 0 radical (unpaired) electrons. The minimum Gasteiger partial charge on any atom is -0.477 e. The molecule has 2 aromatic heterocycles. The van der Waals surface area contributed by atoms with Crippen molar-refractivity contribution in [1.29, 1.82) is 5.26 Å². The number of anilines is 3. The van der Waals surface area contributed by atoms with Crippen LogP contribution in [0.15, 0.2) is 127 Å². The number of rotatable bonds is 7. The van der Waals surface area contributed by atoms with Gasteiger partial charge >= 0.3 is 5.97 Å². The van der Waals surface area contributed by atoms with E-state index in [0.717, 1.165) is 42.1 Å². The van der Waals surface area contributed by atoms with Crippen LogP contribution in [0.5, 0.6) is 0 Å². The molecule has 0 atom stereocenters. The third kappa shape index (κ3) is 5.04. The van der Waals surface area contributed by atoms with E-state index >= 15 is 0 Å². The molecule has 4 aromatic carbocycles. The lowest BCUT2D eigenvalue weighted by Crippen LogP contribution is -2.10. The zero-order valence-electron chi connectivity index (χ0n) is 21.2. The number of carbonyl (C=O) groups is 1. The fourth-order valence-corrected chi connectivity index (χ4v) is 6.71. The number of hydrogen-bond donors (Lipinski definition) is 1. The van der Waals surface area contributed by atoms with E-state index < -0.39 is 5.97 Å². The molecule has 0 unspecified atom stereocenters. The van der Waals surface area contributed by atoms with Gasteiger partial charge in [-0.1, -0.05) is 66.7 Å². The molecule has 1 N–H and O–H groups in total. The van der Waals surface area contributed by atoms with Crippen molar-refractivity contribution < 1.29 is 9.90 Å². The summed E-state index contributed by atoms with van der Waals surface area (Å²) in [5, 5.41) is 20.6.